The Labute approximate surface area is 145 Å². The third-order valence-corrected chi connectivity index (χ3v) is 3.35. The molecule has 0 unspecified atom stereocenters. The molecular weight excluding hydrogens is 370 g/mol. The molecule has 0 saturated carbocycles. The number of carbonyl (C=O) groups excluding carboxylic acids is 1. The molecule has 2 aromatic rings. The van der Waals surface area contributed by atoms with Crippen LogP contribution in [0.3, 0.4) is 0 Å². The molecule has 0 radical (unpaired) electrons. The van der Waals surface area contributed by atoms with Gasteiger partial charge in [-0.15, -0.1) is 0 Å². The number of anilines is 1. The Bertz CT molecular complexity index is 748. The van der Waals surface area contributed by atoms with Crippen molar-refractivity contribution in [2.75, 3.05) is 18.4 Å². The lowest BCUT2D eigenvalue weighted by Gasteiger charge is -2.09. The van der Waals surface area contributed by atoms with E-state index in [-0.39, 0.29) is 13.1 Å². The zero-order valence-electron chi connectivity index (χ0n) is 12.3. The Kier molecular flexibility index (Phi) is 5.55. The van der Waals surface area contributed by atoms with Gasteiger partial charge in [0.25, 0.3) is 5.91 Å². The summed E-state index contributed by atoms with van der Waals surface area (Å²) in [7, 11) is 1.31. The predicted octanol–water partition coefficient (Wildman–Crippen LogP) is 2.98. The van der Waals surface area contributed by atoms with Crippen LogP contribution >= 0.6 is 23.2 Å². The van der Waals surface area contributed by atoms with Gasteiger partial charge in [0.1, 0.15) is 5.82 Å². The van der Waals surface area contributed by atoms with E-state index in [9.17, 15) is 18.0 Å². The van der Waals surface area contributed by atoms with Crippen LogP contribution in [0, 0.1) is 0 Å². The average Bonchev–Trinajstić information content (AvgIpc) is 2.87. The molecule has 2 heterocycles. The van der Waals surface area contributed by atoms with Crippen LogP contribution in [0.25, 0.3) is 0 Å². The van der Waals surface area contributed by atoms with E-state index in [0.29, 0.717) is 15.9 Å². The first kappa shape index (κ1) is 18.3. The minimum Gasteiger partial charge on any atom is -0.367 e. The number of hydrogen-bond donors (Lipinski definition) is 2. The molecule has 0 bridgehead atoms. The van der Waals surface area contributed by atoms with Crippen molar-refractivity contribution in [3.8, 4) is 0 Å². The van der Waals surface area contributed by atoms with Gasteiger partial charge in [0.2, 0.25) is 0 Å². The van der Waals surface area contributed by atoms with Gasteiger partial charge in [-0.3, -0.25) is 9.48 Å². The van der Waals surface area contributed by atoms with Crippen molar-refractivity contribution < 1.29 is 18.0 Å². The number of alkyl halides is 3. The molecule has 1 amide bonds. The number of halogens is 5. The van der Waals surface area contributed by atoms with Gasteiger partial charge in [-0.25, -0.2) is 4.98 Å². The molecule has 0 aromatic carbocycles. The summed E-state index contributed by atoms with van der Waals surface area (Å²) in [5, 5.41) is 9.15. The van der Waals surface area contributed by atoms with Crippen LogP contribution in [-0.4, -0.2) is 33.8 Å². The van der Waals surface area contributed by atoms with Crippen LogP contribution in [0.4, 0.5) is 19.0 Å². The van der Waals surface area contributed by atoms with E-state index in [1.807, 2.05) is 0 Å². The topological polar surface area (TPSA) is 71.8 Å². The Balaban J connectivity index is 1.92. The summed E-state index contributed by atoms with van der Waals surface area (Å²) in [5.41, 5.74) is -1.76. The van der Waals surface area contributed by atoms with Gasteiger partial charge in [0.05, 0.1) is 15.6 Å². The highest BCUT2D eigenvalue weighted by Crippen LogP contribution is 2.30. The van der Waals surface area contributed by atoms with Crippen LogP contribution in [0.2, 0.25) is 10.0 Å². The molecule has 0 aliphatic carbocycles. The van der Waals surface area contributed by atoms with E-state index in [1.54, 1.807) is 0 Å². The van der Waals surface area contributed by atoms with Crippen LogP contribution in [-0.2, 0) is 13.2 Å². The van der Waals surface area contributed by atoms with Crippen LogP contribution in [0.1, 0.15) is 16.1 Å². The Morgan fingerprint density at radius 1 is 1.33 bits per heavy atom. The lowest BCUT2D eigenvalue weighted by Crippen LogP contribution is -2.30. The summed E-state index contributed by atoms with van der Waals surface area (Å²) >= 11 is 11.6. The van der Waals surface area contributed by atoms with Crippen molar-refractivity contribution in [1.29, 1.82) is 0 Å². The lowest BCUT2D eigenvalue weighted by atomic mass is 10.2. The monoisotopic (exact) mass is 381 g/mol. The third-order valence-electron chi connectivity index (χ3n) is 2.85. The summed E-state index contributed by atoms with van der Waals surface area (Å²) in [5.74, 6) is -0.514. The SMILES string of the molecule is Cn1cc(C(=O)NCCNc2ncc(Cl)cc2Cl)c(C(F)(F)F)n1. The van der Waals surface area contributed by atoms with Crippen molar-refractivity contribution in [1.82, 2.24) is 20.1 Å². The van der Waals surface area contributed by atoms with E-state index < -0.39 is 23.3 Å². The number of nitrogens with zero attached hydrogens (tertiary/aromatic N) is 3. The summed E-state index contributed by atoms with van der Waals surface area (Å²) in [4.78, 5) is 15.8. The summed E-state index contributed by atoms with van der Waals surface area (Å²) in [6, 6.07) is 1.49. The number of nitrogens with one attached hydrogen (secondary N) is 2. The van der Waals surface area contributed by atoms with Crippen molar-refractivity contribution in [3.63, 3.8) is 0 Å². The average molecular weight is 382 g/mol. The predicted molar refractivity (Wildman–Crippen MR) is 83.3 cm³/mol. The molecule has 130 valence electrons. The van der Waals surface area contributed by atoms with Crippen molar-refractivity contribution in [2.24, 2.45) is 7.05 Å². The molecule has 0 aliphatic heterocycles. The van der Waals surface area contributed by atoms with Crippen molar-refractivity contribution >= 4 is 34.9 Å². The number of hydrogen-bond acceptors (Lipinski definition) is 4. The molecule has 0 aliphatic rings. The highest BCUT2D eigenvalue weighted by atomic mass is 35.5. The van der Waals surface area contributed by atoms with Crippen LogP contribution in [0.5, 0.6) is 0 Å². The molecule has 2 rings (SSSR count). The smallest absolute Gasteiger partial charge is 0.367 e. The van der Waals surface area contributed by atoms with Gasteiger partial charge in [-0.2, -0.15) is 18.3 Å². The first-order valence-corrected chi connectivity index (χ1v) is 7.38. The van der Waals surface area contributed by atoms with Gasteiger partial charge >= 0.3 is 6.18 Å². The van der Waals surface area contributed by atoms with Gasteiger partial charge in [0, 0.05) is 32.5 Å². The van der Waals surface area contributed by atoms with Gasteiger partial charge < -0.3 is 10.6 Å². The number of rotatable bonds is 5. The lowest BCUT2D eigenvalue weighted by molar-refractivity contribution is -0.141. The zero-order valence-corrected chi connectivity index (χ0v) is 13.8. The van der Waals surface area contributed by atoms with Crippen LogP contribution in [0.15, 0.2) is 18.5 Å². The summed E-state index contributed by atoms with van der Waals surface area (Å²) < 4.78 is 39.4. The molecule has 2 N–H and O–H groups in total. The fraction of sp³-hybridized carbons (Fsp3) is 0.308. The second-order valence-electron chi connectivity index (χ2n) is 4.73. The van der Waals surface area contributed by atoms with E-state index in [2.05, 4.69) is 20.7 Å². The maximum absolute atomic E-state index is 12.8. The standard InChI is InChI=1S/C13H12Cl2F3N5O/c1-23-6-8(10(22-23)13(16,17)18)12(24)20-3-2-19-11-9(15)4-7(14)5-21-11/h4-6H,2-3H2,1H3,(H,19,21)(H,20,24). The number of aryl methyl sites for hydroxylation is 1. The second-order valence-corrected chi connectivity index (χ2v) is 5.57. The van der Waals surface area contributed by atoms with Gasteiger partial charge in [0.15, 0.2) is 5.69 Å². The maximum atomic E-state index is 12.8. The van der Waals surface area contributed by atoms with E-state index >= 15 is 0 Å². The molecule has 24 heavy (non-hydrogen) atoms. The largest absolute Gasteiger partial charge is 0.435 e. The number of pyridine rings is 1. The zero-order chi connectivity index (χ0) is 17.9. The minimum absolute atomic E-state index is 0.0612. The fourth-order valence-corrected chi connectivity index (χ4v) is 2.31. The van der Waals surface area contributed by atoms with E-state index in [4.69, 9.17) is 23.2 Å². The summed E-state index contributed by atoms with van der Waals surface area (Å²) in [6.45, 7) is 0.271. The highest BCUT2D eigenvalue weighted by Gasteiger charge is 2.38. The van der Waals surface area contributed by atoms with Crippen molar-refractivity contribution in [2.45, 2.75) is 6.18 Å². The first-order valence-electron chi connectivity index (χ1n) is 6.62. The highest BCUT2D eigenvalue weighted by molar-refractivity contribution is 6.35. The Morgan fingerprint density at radius 2 is 2.04 bits per heavy atom. The molecule has 0 spiro atoms. The molecule has 11 heteroatoms. The molecular formula is C13H12Cl2F3N5O. The van der Waals surface area contributed by atoms with Gasteiger partial charge in [-0.1, -0.05) is 23.2 Å². The van der Waals surface area contributed by atoms with E-state index in [0.717, 1.165) is 10.9 Å². The fourth-order valence-electron chi connectivity index (χ4n) is 1.86. The van der Waals surface area contributed by atoms with Gasteiger partial charge in [-0.05, 0) is 6.07 Å². The number of carbonyl (C=O) groups is 1. The Morgan fingerprint density at radius 3 is 2.67 bits per heavy atom. The maximum Gasteiger partial charge on any atom is 0.435 e. The molecule has 0 saturated heterocycles. The molecule has 2 aromatic heterocycles. The second kappa shape index (κ2) is 7.27. The van der Waals surface area contributed by atoms with Crippen LogP contribution < -0.4 is 10.6 Å². The molecule has 0 fully saturated rings. The molecule has 0 atom stereocenters. The number of amides is 1. The number of aromatic nitrogens is 3. The van der Waals surface area contributed by atoms with E-state index in [1.165, 1.54) is 19.3 Å². The third kappa shape index (κ3) is 4.51. The molecule has 6 nitrogen and oxygen atoms in total. The first-order chi connectivity index (χ1) is 11.2. The Hall–Kier alpha value is -2.00. The summed E-state index contributed by atoms with van der Waals surface area (Å²) in [6.07, 6.45) is -2.30. The normalized spacial score (nSPS) is 11.4. The minimum atomic E-state index is -4.70. The van der Waals surface area contributed by atoms with Crippen molar-refractivity contribution in [3.05, 3.63) is 39.8 Å². The quantitative estimate of drug-likeness (QED) is 0.781.